The van der Waals surface area contributed by atoms with Gasteiger partial charge >= 0.3 is 0 Å². The van der Waals surface area contributed by atoms with Crippen LogP contribution < -0.4 is 5.32 Å². The lowest BCUT2D eigenvalue weighted by Gasteiger charge is -2.24. The van der Waals surface area contributed by atoms with Crippen LogP contribution >= 0.6 is 0 Å². The largest absolute Gasteiger partial charge is 0.314 e. The highest BCUT2D eigenvalue weighted by Gasteiger charge is 2.35. The second-order valence-electron chi connectivity index (χ2n) is 5.69. The van der Waals surface area contributed by atoms with Gasteiger partial charge in [0.05, 0.1) is 5.75 Å². The van der Waals surface area contributed by atoms with Gasteiger partial charge in [0.1, 0.15) is 9.84 Å². The Morgan fingerprint density at radius 2 is 2.06 bits per heavy atom. The van der Waals surface area contributed by atoms with Crippen LogP contribution in [0.1, 0.15) is 52.9 Å². The fraction of sp³-hybridized carbons (Fsp3) is 1.00. The van der Waals surface area contributed by atoms with Crippen molar-refractivity contribution >= 4 is 9.84 Å². The molecule has 102 valence electrons. The highest BCUT2D eigenvalue weighted by atomic mass is 32.2. The zero-order chi connectivity index (χ0) is 12.9. The average molecular weight is 261 g/mol. The van der Waals surface area contributed by atoms with Gasteiger partial charge in [-0.25, -0.2) is 8.42 Å². The van der Waals surface area contributed by atoms with E-state index < -0.39 is 9.84 Å². The minimum absolute atomic E-state index is 0.230. The summed E-state index contributed by atoms with van der Waals surface area (Å²) in [4.78, 5) is 0. The van der Waals surface area contributed by atoms with E-state index in [1.807, 2.05) is 0 Å². The van der Waals surface area contributed by atoms with Crippen LogP contribution in [0.5, 0.6) is 0 Å². The molecule has 3 nitrogen and oxygen atoms in total. The van der Waals surface area contributed by atoms with Crippen molar-refractivity contribution in [1.29, 1.82) is 0 Å². The van der Waals surface area contributed by atoms with Crippen LogP contribution in [0.4, 0.5) is 0 Å². The van der Waals surface area contributed by atoms with Crippen LogP contribution in [0.15, 0.2) is 0 Å². The minimum atomic E-state index is -2.80. The Morgan fingerprint density at radius 1 is 1.35 bits per heavy atom. The number of hydrogen-bond acceptors (Lipinski definition) is 3. The SMILES string of the molecule is CCCNC1CCC(C)(CCS(=O)(=O)CC)C1. The van der Waals surface area contributed by atoms with Crippen LogP contribution in [-0.2, 0) is 9.84 Å². The van der Waals surface area contributed by atoms with E-state index in [4.69, 9.17) is 0 Å². The first kappa shape index (κ1) is 15.0. The molecule has 1 saturated carbocycles. The van der Waals surface area contributed by atoms with E-state index in [1.54, 1.807) is 6.92 Å². The second kappa shape index (κ2) is 6.19. The topological polar surface area (TPSA) is 46.2 Å². The Labute approximate surface area is 106 Å². The van der Waals surface area contributed by atoms with Crippen molar-refractivity contribution in [3.63, 3.8) is 0 Å². The van der Waals surface area contributed by atoms with Crippen LogP contribution in [0, 0.1) is 5.41 Å². The summed E-state index contributed by atoms with van der Waals surface area (Å²) in [6.45, 7) is 7.23. The molecule has 0 amide bonds. The molecule has 2 atom stereocenters. The van der Waals surface area contributed by atoms with Gasteiger partial charge in [-0.15, -0.1) is 0 Å². The summed E-state index contributed by atoms with van der Waals surface area (Å²) in [6, 6.07) is 0.601. The van der Waals surface area contributed by atoms with Crippen molar-refractivity contribution in [2.75, 3.05) is 18.1 Å². The van der Waals surface area contributed by atoms with E-state index in [0.717, 1.165) is 32.2 Å². The van der Waals surface area contributed by atoms with Gasteiger partial charge in [-0.05, 0) is 44.1 Å². The molecule has 2 unspecified atom stereocenters. The maximum absolute atomic E-state index is 11.5. The lowest BCUT2D eigenvalue weighted by atomic mass is 9.86. The quantitative estimate of drug-likeness (QED) is 0.765. The molecule has 1 rings (SSSR count). The van der Waals surface area contributed by atoms with Gasteiger partial charge in [-0.2, -0.15) is 0 Å². The fourth-order valence-electron chi connectivity index (χ4n) is 2.62. The molecule has 0 radical (unpaired) electrons. The predicted molar refractivity (Wildman–Crippen MR) is 73.0 cm³/mol. The molecule has 4 heteroatoms. The summed E-state index contributed by atoms with van der Waals surface area (Å²) < 4.78 is 23.1. The van der Waals surface area contributed by atoms with Crippen molar-refractivity contribution < 1.29 is 8.42 Å². The van der Waals surface area contributed by atoms with Crippen molar-refractivity contribution in [2.45, 2.75) is 58.9 Å². The number of sulfone groups is 1. The molecule has 0 aromatic carbocycles. The normalized spacial score (nSPS) is 29.7. The van der Waals surface area contributed by atoms with Crippen molar-refractivity contribution in [1.82, 2.24) is 5.32 Å². The van der Waals surface area contributed by atoms with Crippen LogP contribution in [-0.4, -0.2) is 32.5 Å². The van der Waals surface area contributed by atoms with Crippen LogP contribution in [0.2, 0.25) is 0 Å². The third kappa shape index (κ3) is 4.96. The summed E-state index contributed by atoms with van der Waals surface area (Å²) in [5.41, 5.74) is 0.230. The molecule has 0 heterocycles. The molecule has 0 saturated heterocycles. The van der Waals surface area contributed by atoms with Crippen molar-refractivity contribution in [3.8, 4) is 0 Å². The Morgan fingerprint density at radius 3 is 2.65 bits per heavy atom. The fourth-order valence-corrected chi connectivity index (χ4v) is 3.71. The molecule has 1 aliphatic rings. The third-order valence-electron chi connectivity index (χ3n) is 3.98. The summed E-state index contributed by atoms with van der Waals surface area (Å²) in [6.07, 6.45) is 5.48. The van der Waals surface area contributed by atoms with E-state index in [2.05, 4.69) is 19.2 Å². The van der Waals surface area contributed by atoms with Gasteiger partial charge < -0.3 is 5.32 Å². The standard InChI is InChI=1S/C13H27NO2S/c1-4-9-14-12-6-7-13(3,11-12)8-10-17(15,16)5-2/h12,14H,4-11H2,1-3H3. The molecule has 1 aliphatic carbocycles. The van der Waals surface area contributed by atoms with Crippen LogP contribution in [0.3, 0.4) is 0 Å². The molecular weight excluding hydrogens is 234 g/mol. The maximum Gasteiger partial charge on any atom is 0.150 e. The Balaban J connectivity index is 2.39. The number of rotatable bonds is 7. The smallest absolute Gasteiger partial charge is 0.150 e. The van der Waals surface area contributed by atoms with Gasteiger partial charge in [-0.3, -0.25) is 0 Å². The monoisotopic (exact) mass is 261 g/mol. The van der Waals surface area contributed by atoms with Crippen molar-refractivity contribution in [3.05, 3.63) is 0 Å². The molecule has 0 spiro atoms. The second-order valence-corrected chi connectivity index (χ2v) is 8.16. The van der Waals surface area contributed by atoms with Crippen molar-refractivity contribution in [2.24, 2.45) is 5.41 Å². The average Bonchev–Trinajstić information content (AvgIpc) is 2.67. The van der Waals surface area contributed by atoms with E-state index in [0.29, 0.717) is 11.8 Å². The third-order valence-corrected chi connectivity index (χ3v) is 5.68. The Hall–Kier alpha value is -0.0900. The summed E-state index contributed by atoms with van der Waals surface area (Å²) in [7, 11) is -2.80. The first-order valence-electron chi connectivity index (χ1n) is 6.84. The van der Waals surface area contributed by atoms with E-state index in [1.165, 1.54) is 6.42 Å². The lowest BCUT2D eigenvalue weighted by Crippen LogP contribution is -2.29. The molecular formula is C13H27NO2S. The zero-order valence-electron chi connectivity index (χ0n) is 11.5. The minimum Gasteiger partial charge on any atom is -0.314 e. The zero-order valence-corrected chi connectivity index (χ0v) is 12.3. The predicted octanol–water partition coefficient (Wildman–Crippen LogP) is 2.37. The van der Waals surface area contributed by atoms with E-state index >= 15 is 0 Å². The molecule has 1 N–H and O–H groups in total. The molecule has 1 fully saturated rings. The number of hydrogen-bond donors (Lipinski definition) is 1. The molecule has 0 aromatic heterocycles. The van der Waals surface area contributed by atoms with Gasteiger partial charge in [0.2, 0.25) is 0 Å². The van der Waals surface area contributed by atoms with Gasteiger partial charge in [0.25, 0.3) is 0 Å². The molecule has 0 aromatic rings. The Bertz CT molecular complexity index is 326. The maximum atomic E-state index is 11.5. The molecule has 0 bridgehead atoms. The first-order valence-corrected chi connectivity index (χ1v) is 8.67. The summed E-state index contributed by atoms with van der Waals surface area (Å²) in [5.74, 6) is 0.640. The van der Waals surface area contributed by atoms with E-state index in [-0.39, 0.29) is 11.2 Å². The van der Waals surface area contributed by atoms with Gasteiger partial charge in [0, 0.05) is 11.8 Å². The lowest BCUT2D eigenvalue weighted by molar-refractivity contribution is 0.312. The highest BCUT2D eigenvalue weighted by Crippen LogP contribution is 2.40. The molecule has 17 heavy (non-hydrogen) atoms. The summed E-state index contributed by atoms with van der Waals surface area (Å²) >= 11 is 0. The van der Waals surface area contributed by atoms with Crippen LogP contribution in [0.25, 0.3) is 0 Å². The highest BCUT2D eigenvalue weighted by molar-refractivity contribution is 7.91. The number of nitrogens with one attached hydrogen (secondary N) is 1. The Kier molecular flexibility index (Phi) is 5.45. The molecule has 0 aliphatic heterocycles. The summed E-state index contributed by atoms with van der Waals surface area (Å²) in [5, 5.41) is 3.55. The first-order chi connectivity index (χ1) is 7.91. The van der Waals surface area contributed by atoms with Gasteiger partial charge in [-0.1, -0.05) is 20.8 Å². The van der Waals surface area contributed by atoms with Gasteiger partial charge in [0.15, 0.2) is 0 Å². The van der Waals surface area contributed by atoms with E-state index in [9.17, 15) is 8.42 Å².